The van der Waals surface area contributed by atoms with Crippen LogP contribution in [0.4, 0.5) is 0 Å². The van der Waals surface area contributed by atoms with E-state index in [1.54, 1.807) is 6.07 Å². The standard InChI is InChI=1S/C6H6Br2O3S2/c7-3-4-11-13(9,10)6-2-1-5(8)12-6/h1-2H,3-4H2. The van der Waals surface area contributed by atoms with Crippen molar-refractivity contribution in [3.63, 3.8) is 0 Å². The van der Waals surface area contributed by atoms with E-state index < -0.39 is 10.1 Å². The maximum absolute atomic E-state index is 11.4. The Kier molecular flexibility index (Phi) is 4.37. The Morgan fingerprint density at radius 1 is 1.46 bits per heavy atom. The Morgan fingerprint density at radius 2 is 2.15 bits per heavy atom. The van der Waals surface area contributed by atoms with Gasteiger partial charge in [0.15, 0.2) is 0 Å². The van der Waals surface area contributed by atoms with Gasteiger partial charge in [-0.05, 0) is 28.1 Å². The highest BCUT2D eigenvalue weighted by Gasteiger charge is 2.16. The van der Waals surface area contributed by atoms with Crippen molar-refractivity contribution in [1.29, 1.82) is 0 Å². The predicted molar refractivity (Wildman–Crippen MR) is 59.0 cm³/mol. The van der Waals surface area contributed by atoms with E-state index in [9.17, 15) is 8.42 Å². The van der Waals surface area contributed by atoms with E-state index in [1.807, 2.05) is 0 Å². The molecule has 1 heterocycles. The Hall–Kier alpha value is 0.570. The maximum Gasteiger partial charge on any atom is 0.306 e. The number of halogens is 2. The molecule has 0 amide bonds. The third-order valence-electron chi connectivity index (χ3n) is 1.11. The molecule has 7 heteroatoms. The van der Waals surface area contributed by atoms with E-state index in [1.165, 1.54) is 6.07 Å². The van der Waals surface area contributed by atoms with Crippen molar-refractivity contribution in [2.75, 3.05) is 11.9 Å². The molecule has 0 bridgehead atoms. The second-order valence-corrected chi connectivity index (χ2v) is 7.12. The molecule has 0 aliphatic heterocycles. The molecule has 0 aliphatic rings. The van der Waals surface area contributed by atoms with Crippen LogP contribution in [0.2, 0.25) is 0 Å². The van der Waals surface area contributed by atoms with E-state index in [2.05, 4.69) is 31.9 Å². The number of thiophene rings is 1. The van der Waals surface area contributed by atoms with Crippen molar-refractivity contribution >= 4 is 53.3 Å². The summed E-state index contributed by atoms with van der Waals surface area (Å²) in [5.74, 6) is 0. The molecule has 0 unspecified atom stereocenters. The predicted octanol–water partition coefficient (Wildman–Crippen LogP) is 2.61. The van der Waals surface area contributed by atoms with Crippen LogP contribution < -0.4 is 0 Å². The van der Waals surface area contributed by atoms with Gasteiger partial charge in [-0.25, -0.2) is 0 Å². The lowest BCUT2D eigenvalue weighted by Crippen LogP contribution is -2.06. The summed E-state index contributed by atoms with van der Waals surface area (Å²) in [5, 5.41) is 0.499. The molecule has 0 spiro atoms. The summed E-state index contributed by atoms with van der Waals surface area (Å²) in [6, 6.07) is 3.19. The minimum atomic E-state index is -3.54. The molecular formula is C6H6Br2O3S2. The summed E-state index contributed by atoms with van der Waals surface area (Å²) in [6.45, 7) is 0.151. The number of hydrogen-bond acceptors (Lipinski definition) is 4. The van der Waals surface area contributed by atoms with Gasteiger partial charge < -0.3 is 0 Å². The molecule has 0 atom stereocenters. The van der Waals surface area contributed by atoms with Crippen LogP contribution in [-0.4, -0.2) is 20.4 Å². The van der Waals surface area contributed by atoms with Crippen LogP contribution in [0.15, 0.2) is 20.1 Å². The summed E-state index contributed by atoms with van der Waals surface area (Å²) in [5.41, 5.74) is 0. The number of rotatable bonds is 4. The SMILES string of the molecule is O=S(=O)(OCCBr)c1ccc(Br)s1. The van der Waals surface area contributed by atoms with Gasteiger partial charge in [0, 0.05) is 5.33 Å². The number of hydrogen-bond donors (Lipinski definition) is 0. The monoisotopic (exact) mass is 348 g/mol. The minimum absolute atomic E-state index is 0.151. The minimum Gasteiger partial charge on any atom is -0.265 e. The first kappa shape index (κ1) is 11.6. The van der Waals surface area contributed by atoms with Crippen LogP contribution in [0.25, 0.3) is 0 Å². The lowest BCUT2D eigenvalue weighted by Gasteiger charge is -1.99. The van der Waals surface area contributed by atoms with Gasteiger partial charge in [0.2, 0.25) is 0 Å². The molecule has 0 fully saturated rings. The quantitative estimate of drug-likeness (QED) is 0.620. The first-order valence-electron chi connectivity index (χ1n) is 3.27. The molecular weight excluding hydrogens is 344 g/mol. The molecule has 1 aromatic heterocycles. The fourth-order valence-corrected chi connectivity index (χ4v) is 3.92. The van der Waals surface area contributed by atoms with Gasteiger partial charge in [-0.3, -0.25) is 4.18 Å². The molecule has 0 aromatic carbocycles. The van der Waals surface area contributed by atoms with Crippen LogP contribution in [0, 0.1) is 0 Å². The zero-order chi connectivity index (χ0) is 9.90. The van der Waals surface area contributed by atoms with E-state index >= 15 is 0 Å². The highest BCUT2D eigenvalue weighted by Crippen LogP contribution is 2.27. The lowest BCUT2D eigenvalue weighted by atomic mass is 10.7. The van der Waals surface area contributed by atoms with E-state index in [0.717, 1.165) is 15.1 Å². The molecule has 3 nitrogen and oxygen atoms in total. The van der Waals surface area contributed by atoms with Crippen molar-refractivity contribution in [3.05, 3.63) is 15.9 Å². The van der Waals surface area contributed by atoms with Gasteiger partial charge in [0.1, 0.15) is 4.21 Å². The van der Waals surface area contributed by atoms with Gasteiger partial charge in [-0.1, -0.05) is 15.9 Å². The van der Waals surface area contributed by atoms with Crippen molar-refractivity contribution in [3.8, 4) is 0 Å². The highest BCUT2D eigenvalue weighted by molar-refractivity contribution is 9.11. The van der Waals surface area contributed by atoms with E-state index in [0.29, 0.717) is 5.33 Å². The third-order valence-corrected chi connectivity index (χ3v) is 4.82. The Bertz CT molecular complexity index is 371. The first-order valence-corrected chi connectivity index (χ1v) is 7.41. The molecule has 0 saturated carbocycles. The summed E-state index contributed by atoms with van der Waals surface area (Å²) in [6.07, 6.45) is 0. The Morgan fingerprint density at radius 3 is 2.62 bits per heavy atom. The second kappa shape index (κ2) is 4.88. The van der Waals surface area contributed by atoms with Crippen molar-refractivity contribution in [2.45, 2.75) is 4.21 Å². The summed E-state index contributed by atoms with van der Waals surface area (Å²) in [4.78, 5) is 0. The molecule has 0 N–H and O–H groups in total. The van der Waals surface area contributed by atoms with Gasteiger partial charge in [-0.2, -0.15) is 8.42 Å². The normalized spacial score (nSPS) is 11.8. The molecule has 0 saturated heterocycles. The molecule has 0 aliphatic carbocycles. The van der Waals surface area contributed by atoms with Crippen molar-refractivity contribution in [2.24, 2.45) is 0 Å². The summed E-state index contributed by atoms with van der Waals surface area (Å²) < 4.78 is 28.4. The van der Waals surface area contributed by atoms with Gasteiger partial charge in [-0.15, -0.1) is 11.3 Å². The largest absolute Gasteiger partial charge is 0.306 e. The average Bonchev–Trinajstić information content (AvgIpc) is 2.49. The van der Waals surface area contributed by atoms with Gasteiger partial charge >= 0.3 is 10.1 Å². The average molecular weight is 350 g/mol. The fraction of sp³-hybridized carbons (Fsp3) is 0.333. The topological polar surface area (TPSA) is 43.4 Å². The first-order chi connectivity index (χ1) is 6.06. The Balaban J connectivity index is 2.82. The fourth-order valence-electron chi connectivity index (χ4n) is 0.631. The lowest BCUT2D eigenvalue weighted by molar-refractivity contribution is 0.343. The summed E-state index contributed by atoms with van der Waals surface area (Å²) in [7, 11) is -3.54. The van der Waals surface area contributed by atoms with E-state index in [4.69, 9.17) is 4.18 Å². The van der Waals surface area contributed by atoms with Crippen molar-refractivity contribution in [1.82, 2.24) is 0 Å². The van der Waals surface area contributed by atoms with Crippen LogP contribution in [0.3, 0.4) is 0 Å². The zero-order valence-corrected chi connectivity index (χ0v) is 11.2. The second-order valence-electron chi connectivity index (χ2n) is 2.02. The zero-order valence-electron chi connectivity index (χ0n) is 6.37. The molecule has 13 heavy (non-hydrogen) atoms. The van der Waals surface area contributed by atoms with Gasteiger partial charge in [0.25, 0.3) is 0 Å². The van der Waals surface area contributed by atoms with Gasteiger partial charge in [0.05, 0.1) is 10.4 Å². The molecule has 1 rings (SSSR count). The third kappa shape index (κ3) is 3.32. The smallest absolute Gasteiger partial charge is 0.265 e. The van der Waals surface area contributed by atoms with Crippen LogP contribution in [0.1, 0.15) is 0 Å². The van der Waals surface area contributed by atoms with Crippen molar-refractivity contribution < 1.29 is 12.6 Å². The molecule has 1 aromatic rings. The number of alkyl halides is 1. The van der Waals surface area contributed by atoms with E-state index in [-0.39, 0.29) is 10.8 Å². The Labute approximate surface area is 97.5 Å². The van der Waals surface area contributed by atoms with Crippen LogP contribution in [-0.2, 0) is 14.3 Å². The molecule has 74 valence electrons. The maximum atomic E-state index is 11.4. The van der Waals surface area contributed by atoms with Crippen LogP contribution in [0.5, 0.6) is 0 Å². The molecule has 0 radical (unpaired) electrons. The van der Waals surface area contributed by atoms with Crippen LogP contribution >= 0.6 is 43.2 Å². The summed E-state index contributed by atoms with van der Waals surface area (Å²) >= 11 is 7.40. The highest BCUT2D eigenvalue weighted by atomic mass is 79.9.